The van der Waals surface area contributed by atoms with E-state index in [0.29, 0.717) is 0 Å². The summed E-state index contributed by atoms with van der Waals surface area (Å²) in [5.41, 5.74) is 11.7. The third kappa shape index (κ3) is 5.85. The van der Waals surface area contributed by atoms with Gasteiger partial charge in [0, 0.05) is 59.1 Å². The van der Waals surface area contributed by atoms with Gasteiger partial charge in [0.05, 0.1) is 11.0 Å². The molecule has 0 aliphatic carbocycles. The second kappa shape index (κ2) is 14.3. The molecule has 0 spiro atoms. The second-order valence-corrected chi connectivity index (χ2v) is 17.6. The van der Waals surface area contributed by atoms with Crippen LogP contribution in [-0.2, 0) is 0 Å². The molecule has 13 rings (SSSR count). The van der Waals surface area contributed by atoms with Crippen molar-refractivity contribution in [1.29, 1.82) is 0 Å². The number of fused-ring (bicyclic) bond motifs is 11. The molecule has 2 heterocycles. The Morgan fingerprint density at radius 1 is 0.302 bits per heavy atom. The van der Waals surface area contributed by atoms with Crippen molar-refractivity contribution in [2.75, 3.05) is 4.90 Å². The molecule has 0 saturated carbocycles. The Morgan fingerprint density at radius 3 is 1.57 bits per heavy atom. The molecule has 0 aliphatic heterocycles. The Morgan fingerprint density at radius 2 is 0.810 bits per heavy atom. The van der Waals surface area contributed by atoms with E-state index in [-0.39, 0.29) is 0 Å². The quantitative estimate of drug-likeness (QED) is 0.152. The third-order valence-electron chi connectivity index (χ3n) is 13.0. The van der Waals surface area contributed by atoms with Crippen molar-refractivity contribution in [1.82, 2.24) is 4.57 Å². The van der Waals surface area contributed by atoms with E-state index in [1.54, 1.807) is 0 Å². The van der Waals surface area contributed by atoms with E-state index in [0.717, 1.165) is 22.7 Å². The predicted octanol–water partition coefficient (Wildman–Crippen LogP) is 17.4. The van der Waals surface area contributed by atoms with E-state index < -0.39 is 0 Å². The molecule has 0 amide bonds. The molecular formula is C60H38N2S. The van der Waals surface area contributed by atoms with Crippen LogP contribution >= 0.6 is 11.3 Å². The summed E-state index contributed by atoms with van der Waals surface area (Å²) >= 11 is 1.86. The number of aromatic nitrogens is 1. The number of rotatable bonds is 6. The van der Waals surface area contributed by atoms with Crippen LogP contribution in [0.15, 0.2) is 231 Å². The Balaban J connectivity index is 0.915. The highest BCUT2D eigenvalue weighted by atomic mass is 32.1. The Labute approximate surface area is 368 Å². The molecule has 0 atom stereocenters. The summed E-state index contributed by atoms with van der Waals surface area (Å²) in [7, 11) is 0. The van der Waals surface area contributed by atoms with E-state index >= 15 is 0 Å². The Hall–Kier alpha value is -7.98. The van der Waals surface area contributed by atoms with Gasteiger partial charge in [-0.15, -0.1) is 11.3 Å². The normalized spacial score (nSPS) is 11.8. The van der Waals surface area contributed by atoms with Crippen LogP contribution in [-0.4, -0.2) is 4.57 Å². The molecule has 0 unspecified atom stereocenters. The first kappa shape index (κ1) is 35.7. The smallest absolute Gasteiger partial charge is 0.0619 e. The SMILES string of the molecule is c1ccc(-n2c3cc(-c4ccc(N(c5ccc(-c6ccc7c(ccc8ccccc87)c6)cc5)c5ccc6c(c5)sc5ccccc56)cc4)ccc3c3ccc4ccccc4c32)cc1. The standard InChI is InChI=1S/C60H38N2S/c1-2-12-46(13-3-1)62-57-37-44(26-33-53(57)56-34-24-42-11-5-7-15-52(42)60(56)62)40-22-29-48(30-23-40)61(49-31-35-55-54-16-8-9-17-58(54)63-59(55)38-49)47-27-20-39(21-28-47)43-25-32-51-45(36-43)19-18-41-10-4-6-14-50(41)51/h1-38H. The summed E-state index contributed by atoms with van der Waals surface area (Å²) < 4.78 is 5.04. The first-order valence-electron chi connectivity index (χ1n) is 21.6. The molecular weight excluding hydrogens is 781 g/mol. The second-order valence-electron chi connectivity index (χ2n) is 16.5. The molecule has 11 aromatic carbocycles. The Bertz CT molecular complexity index is 3900. The van der Waals surface area contributed by atoms with Gasteiger partial charge < -0.3 is 9.47 Å². The zero-order valence-electron chi connectivity index (χ0n) is 34.2. The summed E-state index contributed by atoms with van der Waals surface area (Å²) in [6, 6.07) is 84.8. The van der Waals surface area contributed by atoms with Crippen LogP contribution in [0.2, 0.25) is 0 Å². The molecule has 294 valence electrons. The lowest BCUT2D eigenvalue weighted by Gasteiger charge is -2.26. The minimum Gasteiger partial charge on any atom is -0.310 e. The van der Waals surface area contributed by atoms with Crippen LogP contribution in [0.25, 0.3) is 102 Å². The van der Waals surface area contributed by atoms with E-state index in [1.165, 1.54) is 96.5 Å². The molecule has 0 bridgehead atoms. The van der Waals surface area contributed by atoms with Gasteiger partial charge in [-0.1, -0.05) is 164 Å². The summed E-state index contributed by atoms with van der Waals surface area (Å²) in [5.74, 6) is 0. The number of thiophene rings is 1. The maximum atomic E-state index is 2.44. The third-order valence-corrected chi connectivity index (χ3v) is 14.1. The van der Waals surface area contributed by atoms with Crippen LogP contribution in [0.5, 0.6) is 0 Å². The zero-order chi connectivity index (χ0) is 41.4. The van der Waals surface area contributed by atoms with E-state index in [9.17, 15) is 0 Å². The van der Waals surface area contributed by atoms with Crippen LogP contribution in [0, 0.1) is 0 Å². The lowest BCUT2D eigenvalue weighted by Crippen LogP contribution is -2.09. The lowest BCUT2D eigenvalue weighted by molar-refractivity contribution is 1.19. The van der Waals surface area contributed by atoms with Crippen LogP contribution < -0.4 is 4.90 Å². The zero-order valence-corrected chi connectivity index (χ0v) is 35.1. The minimum absolute atomic E-state index is 1.11. The number of benzene rings is 11. The van der Waals surface area contributed by atoms with Gasteiger partial charge in [-0.05, 0) is 116 Å². The monoisotopic (exact) mass is 818 g/mol. The molecule has 0 fully saturated rings. The highest BCUT2D eigenvalue weighted by Gasteiger charge is 2.18. The van der Waals surface area contributed by atoms with Crippen molar-refractivity contribution < 1.29 is 0 Å². The van der Waals surface area contributed by atoms with Crippen molar-refractivity contribution in [3.05, 3.63) is 231 Å². The molecule has 13 aromatic rings. The first-order valence-corrected chi connectivity index (χ1v) is 22.4. The summed E-state index contributed by atoms with van der Waals surface area (Å²) in [5, 5.41) is 12.7. The fourth-order valence-electron chi connectivity index (χ4n) is 9.90. The maximum absolute atomic E-state index is 2.44. The van der Waals surface area contributed by atoms with Crippen LogP contribution in [0.3, 0.4) is 0 Å². The largest absolute Gasteiger partial charge is 0.310 e. The lowest BCUT2D eigenvalue weighted by atomic mass is 9.97. The van der Waals surface area contributed by atoms with E-state index in [1.807, 2.05) is 11.3 Å². The number of para-hydroxylation sites is 1. The van der Waals surface area contributed by atoms with Gasteiger partial charge in [-0.3, -0.25) is 0 Å². The highest BCUT2D eigenvalue weighted by molar-refractivity contribution is 7.25. The van der Waals surface area contributed by atoms with Gasteiger partial charge in [0.25, 0.3) is 0 Å². The van der Waals surface area contributed by atoms with Gasteiger partial charge in [-0.25, -0.2) is 0 Å². The van der Waals surface area contributed by atoms with Crippen molar-refractivity contribution in [3.63, 3.8) is 0 Å². The average Bonchev–Trinajstić information content (AvgIpc) is 3.90. The van der Waals surface area contributed by atoms with Gasteiger partial charge >= 0.3 is 0 Å². The fraction of sp³-hybridized carbons (Fsp3) is 0. The van der Waals surface area contributed by atoms with Gasteiger partial charge in [0.15, 0.2) is 0 Å². The maximum Gasteiger partial charge on any atom is 0.0619 e. The molecule has 3 heteroatoms. The summed E-state index contributed by atoms with van der Waals surface area (Å²) in [6.07, 6.45) is 0. The van der Waals surface area contributed by atoms with Gasteiger partial charge in [0.1, 0.15) is 0 Å². The topological polar surface area (TPSA) is 8.17 Å². The average molecular weight is 819 g/mol. The molecule has 2 nitrogen and oxygen atoms in total. The number of anilines is 3. The van der Waals surface area contributed by atoms with Crippen molar-refractivity contribution in [2.24, 2.45) is 0 Å². The van der Waals surface area contributed by atoms with Gasteiger partial charge in [-0.2, -0.15) is 0 Å². The van der Waals surface area contributed by atoms with Gasteiger partial charge in [0.2, 0.25) is 0 Å². The number of hydrogen-bond donors (Lipinski definition) is 0. The molecule has 0 saturated heterocycles. The molecule has 0 aliphatic rings. The molecule has 0 N–H and O–H groups in total. The summed E-state index contributed by atoms with van der Waals surface area (Å²) in [6.45, 7) is 0. The first-order chi connectivity index (χ1) is 31.2. The van der Waals surface area contributed by atoms with Crippen molar-refractivity contribution >= 4 is 103 Å². The van der Waals surface area contributed by atoms with Crippen LogP contribution in [0.1, 0.15) is 0 Å². The molecule has 0 radical (unpaired) electrons. The fourth-order valence-corrected chi connectivity index (χ4v) is 11.0. The summed E-state index contributed by atoms with van der Waals surface area (Å²) in [4.78, 5) is 2.39. The van der Waals surface area contributed by atoms with Crippen molar-refractivity contribution in [2.45, 2.75) is 0 Å². The highest BCUT2D eigenvalue weighted by Crippen LogP contribution is 2.43. The Kier molecular flexibility index (Phi) is 8.12. The minimum atomic E-state index is 1.11. The number of hydrogen-bond acceptors (Lipinski definition) is 2. The number of nitrogens with zero attached hydrogens (tertiary/aromatic N) is 2. The van der Waals surface area contributed by atoms with Crippen molar-refractivity contribution in [3.8, 4) is 27.9 Å². The van der Waals surface area contributed by atoms with Crippen LogP contribution in [0.4, 0.5) is 17.1 Å². The molecule has 2 aromatic heterocycles. The molecule has 63 heavy (non-hydrogen) atoms. The van der Waals surface area contributed by atoms with E-state index in [2.05, 4.69) is 240 Å². The van der Waals surface area contributed by atoms with E-state index in [4.69, 9.17) is 0 Å². The predicted molar refractivity (Wildman–Crippen MR) is 272 cm³/mol.